The Morgan fingerprint density at radius 1 is 1.32 bits per heavy atom. The van der Waals surface area contributed by atoms with Crippen molar-refractivity contribution in [3.8, 4) is 0 Å². The molecule has 104 valence electrons. The zero-order valence-corrected chi connectivity index (χ0v) is 13.2. The summed E-state index contributed by atoms with van der Waals surface area (Å²) in [6.07, 6.45) is 3.80. The second-order valence-electron chi connectivity index (χ2n) is 5.89. The summed E-state index contributed by atoms with van der Waals surface area (Å²) in [4.78, 5) is 7.17. The van der Waals surface area contributed by atoms with Gasteiger partial charge in [0.15, 0.2) is 0 Å². The van der Waals surface area contributed by atoms with Gasteiger partial charge in [-0.3, -0.25) is 0 Å². The molecule has 1 saturated heterocycles. The van der Waals surface area contributed by atoms with E-state index in [1.165, 1.54) is 19.3 Å². The molecule has 19 heavy (non-hydrogen) atoms. The van der Waals surface area contributed by atoms with Crippen molar-refractivity contribution in [1.29, 1.82) is 0 Å². The maximum absolute atomic E-state index is 6.13. The standard InChI is InChI=1S/C15H21BrN2O/c1-18-9-11-5-3-6-12(10-18)15(11,19-2)13-7-4-8-14(16)17-13/h4,7-8,11-12H,3,5-6,9-10H2,1-2H3/t11-,12+,15?. The lowest BCUT2D eigenvalue weighted by Crippen LogP contribution is -2.58. The average Bonchev–Trinajstić information content (AvgIpc) is 2.38. The summed E-state index contributed by atoms with van der Waals surface area (Å²) in [5, 5.41) is 0. The lowest BCUT2D eigenvalue weighted by molar-refractivity contribution is -0.168. The summed E-state index contributed by atoms with van der Waals surface area (Å²) in [5.41, 5.74) is 0.918. The van der Waals surface area contributed by atoms with Crippen molar-refractivity contribution in [2.75, 3.05) is 27.2 Å². The van der Waals surface area contributed by atoms with Crippen LogP contribution in [0, 0.1) is 11.8 Å². The number of halogens is 1. The lowest BCUT2D eigenvalue weighted by Gasteiger charge is -2.54. The van der Waals surface area contributed by atoms with E-state index in [1.807, 2.05) is 13.2 Å². The first kappa shape index (κ1) is 13.5. The molecule has 0 spiro atoms. The number of aromatic nitrogens is 1. The van der Waals surface area contributed by atoms with Gasteiger partial charge in [0.05, 0.1) is 5.69 Å². The number of nitrogens with zero attached hydrogens (tertiary/aromatic N) is 2. The molecule has 0 aromatic carbocycles. The van der Waals surface area contributed by atoms with Gasteiger partial charge in [-0.2, -0.15) is 0 Å². The van der Waals surface area contributed by atoms with E-state index in [9.17, 15) is 0 Å². The van der Waals surface area contributed by atoms with Crippen LogP contribution in [0.5, 0.6) is 0 Å². The largest absolute Gasteiger partial charge is 0.371 e. The minimum Gasteiger partial charge on any atom is -0.371 e. The van der Waals surface area contributed by atoms with Gasteiger partial charge in [0.1, 0.15) is 10.2 Å². The van der Waals surface area contributed by atoms with Crippen LogP contribution in [0.25, 0.3) is 0 Å². The Morgan fingerprint density at radius 3 is 2.58 bits per heavy atom. The van der Waals surface area contributed by atoms with E-state index < -0.39 is 0 Å². The first-order valence-electron chi connectivity index (χ1n) is 7.03. The van der Waals surface area contributed by atoms with E-state index >= 15 is 0 Å². The van der Waals surface area contributed by atoms with Gasteiger partial charge >= 0.3 is 0 Å². The number of ether oxygens (including phenoxy) is 1. The van der Waals surface area contributed by atoms with E-state index in [1.54, 1.807) is 0 Å². The van der Waals surface area contributed by atoms with Crippen molar-refractivity contribution in [3.05, 3.63) is 28.5 Å². The zero-order valence-electron chi connectivity index (χ0n) is 11.6. The fourth-order valence-corrected chi connectivity index (χ4v) is 4.48. The van der Waals surface area contributed by atoms with Crippen LogP contribution in [0.3, 0.4) is 0 Å². The molecule has 3 nitrogen and oxygen atoms in total. The molecule has 1 aliphatic carbocycles. The SMILES string of the molecule is COC1(c2cccc(Br)n2)[C@@H]2CCC[C@H]1CN(C)C2. The average molecular weight is 325 g/mol. The molecule has 0 N–H and O–H groups in total. The number of hydrogen-bond donors (Lipinski definition) is 0. The highest BCUT2D eigenvalue weighted by molar-refractivity contribution is 9.10. The second kappa shape index (κ2) is 5.15. The third-order valence-electron chi connectivity index (χ3n) is 4.84. The molecule has 1 saturated carbocycles. The summed E-state index contributed by atoms with van der Waals surface area (Å²) >= 11 is 3.50. The molecule has 2 fully saturated rings. The number of likely N-dealkylation sites (tertiary alicyclic amines) is 1. The monoisotopic (exact) mass is 324 g/mol. The van der Waals surface area contributed by atoms with Crippen LogP contribution >= 0.6 is 15.9 Å². The van der Waals surface area contributed by atoms with E-state index in [4.69, 9.17) is 9.72 Å². The van der Waals surface area contributed by atoms with Crippen molar-refractivity contribution >= 4 is 15.9 Å². The molecule has 2 heterocycles. The van der Waals surface area contributed by atoms with Crippen molar-refractivity contribution in [2.45, 2.75) is 24.9 Å². The maximum atomic E-state index is 6.13. The van der Waals surface area contributed by atoms with E-state index in [0.29, 0.717) is 11.8 Å². The summed E-state index contributed by atoms with van der Waals surface area (Å²) in [7, 11) is 4.08. The highest BCUT2D eigenvalue weighted by Crippen LogP contribution is 2.50. The smallest absolute Gasteiger partial charge is 0.118 e. The van der Waals surface area contributed by atoms with Gasteiger partial charge in [0, 0.05) is 32.0 Å². The fourth-order valence-electron chi connectivity index (χ4n) is 4.14. The topological polar surface area (TPSA) is 25.4 Å². The van der Waals surface area contributed by atoms with Gasteiger partial charge in [0.25, 0.3) is 0 Å². The molecule has 3 rings (SSSR count). The Labute approximate surface area is 123 Å². The summed E-state index contributed by atoms with van der Waals surface area (Å²) in [6, 6.07) is 6.18. The Kier molecular flexibility index (Phi) is 3.67. The van der Waals surface area contributed by atoms with Crippen molar-refractivity contribution < 1.29 is 4.74 Å². The number of pyridine rings is 1. The van der Waals surface area contributed by atoms with Gasteiger partial charge < -0.3 is 9.64 Å². The van der Waals surface area contributed by atoms with Gasteiger partial charge in [-0.1, -0.05) is 12.5 Å². The Bertz CT molecular complexity index is 451. The first-order chi connectivity index (χ1) is 9.16. The summed E-state index contributed by atoms with van der Waals surface area (Å²) in [6.45, 7) is 2.22. The summed E-state index contributed by atoms with van der Waals surface area (Å²) < 4.78 is 7.03. The van der Waals surface area contributed by atoms with Gasteiger partial charge in [-0.25, -0.2) is 4.98 Å². The third kappa shape index (κ3) is 2.14. The molecule has 1 aliphatic heterocycles. The number of piperidine rings is 1. The Morgan fingerprint density at radius 2 is 2.00 bits per heavy atom. The molecule has 2 bridgehead atoms. The van der Waals surface area contributed by atoms with Crippen LogP contribution in [0.2, 0.25) is 0 Å². The summed E-state index contributed by atoms with van der Waals surface area (Å²) in [5.74, 6) is 1.11. The second-order valence-corrected chi connectivity index (χ2v) is 6.70. The fraction of sp³-hybridized carbons (Fsp3) is 0.667. The van der Waals surface area contributed by atoms with Gasteiger partial charge in [-0.15, -0.1) is 0 Å². The van der Waals surface area contributed by atoms with E-state index in [0.717, 1.165) is 23.4 Å². The van der Waals surface area contributed by atoms with Gasteiger partial charge in [0.2, 0.25) is 0 Å². The minimum atomic E-state index is -0.186. The van der Waals surface area contributed by atoms with Crippen LogP contribution in [-0.4, -0.2) is 37.1 Å². The molecule has 1 aromatic heterocycles. The normalized spacial score (nSPS) is 35.3. The number of fused-ring (bicyclic) bond motifs is 2. The Balaban J connectivity index is 2.07. The predicted octanol–water partition coefficient (Wildman–Crippen LogP) is 3.05. The first-order valence-corrected chi connectivity index (χ1v) is 7.83. The third-order valence-corrected chi connectivity index (χ3v) is 5.28. The van der Waals surface area contributed by atoms with E-state index in [-0.39, 0.29) is 5.60 Å². The highest BCUT2D eigenvalue weighted by Gasteiger charge is 2.53. The molecule has 1 aromatic rings. The maximum Gasteiger partial charge on any atom is 0.118 e. The molecule has 1 unspecified atom stereocenters. The molecule has 3 atom stereocenters. The number of hydrogen-bond acceptors (Lipinski definition) is 3. The minimum absolute atomic E-state index is 0.186. The molecule has 0 amide bonds. The van der Waals surface area contributed by atoms with Crippen molar-refractivity contribution in [2.24, 2.45) is 11.8 Å². The molecular formula is C15H21BrN2O. The number of rotatable bonds is 2. The number of methoxy groups -OCH3 is 1. The van der Waals surface area contributed by atoms with Crippen LogP contribution in [0.4, 0.5) is 0 Å². The van der Waals surface area contributed by atoms with Crippen LogP contribution in [-0.2, 0) is 10.3 Å². The van der Waals surface area contributed by atoms with E-state index in [2.05, 4.69) is 40.0 Å². The van der Waals surface area contributed by atoms with Crippen LogP contribution in [0.1, 0.15) is 25.0 Å². The molecule has 0 radical (unpaired) electrons. The van der Waals surface area contributed by atoms with Crippen molar-refractivity contribution in [3.63, 3.8) is 0 Å². The predicted molar refractivity (Wildman–Crippen MR) is 79.0 cm³/mol. The quantitative estimate of drug-likeness (QED) is 0.782. The zero-order chi connectivity index (χ0) is 13.5. The molecule has 4 heteroatoms. The Hall–Kier alpha value is -0.450. The van der Waals surface area contributed by atoms with Crippen LogP contribution < -0.4 is 0 Å². The highest BCUT2D eigenvalue weighted by atomic mass is 79.9. The lowest BCUT2D eigenvalue weighted by atomic mass is 9.64. The van der Waals surface area contributed by atoms with Crippen molar-refractivity contribution in [1.82, 2.24) is 9.88 Å². The molecular weight excluding hydrogens is 304 g/mol. The van der Waals surface area contributed by atoms with Gasteiger partial charge in [-0.05, 0) is 48.0 Å². The van der Waals surface area contributed by atoms with Crippen LogP contribution in [0.15, 0.2) is 22.8 Å². The molecule has 2 aliphatic rings.